The van der Waals surface area contributed by atoms with Crippen molar-refractivity contribution in [2.75, 3.05) is 6.54 Å². The summed E-state index contributed by atoms with van der Waals surface area (Å²) in [6.45, 7) is 6.06. The van der Waals surface area contributed by atoms with E-state index in [1.807, 2.05) is 0 Å². The van der Waals surface area contributed by atoms with Crippen LogP contribution in [0.15, 0.2) is 48.5 Å². The highest BCUT2D eigenvalue weighted by Gasteiger charge is 2.25. The molecule has 1 saturated heterocycles. The average Bonchev–Trinajstić information content (AvgIpc) is 2.62. The van der Waals surface area contributed by atoms with Gasteiger partial charge in [0.15, 0.2) is 0 Å². The van der Waals surface area contributed by atoms with Gasteiger partial charge in [-0.2, -0.15) is 0 Å². The molecule has 1 fully saturated rings. The number of nitrogens with one attached hydrogen (secondary N) is 2. The second kappa shape index (κ2) is 9.01. The minimum Gasteiger partial charge on any atom is -0.491 e. The Morgan fingerprint density at radius 2 is 2.00 bits per heavy atom. The van der Waals surface area contributed by atoms with Crippen molar-refractivity contribution in [3.05, 3.63) is 63.2 Å². The Morgan fingerprint density at radius 1 is 1.20 bits per heavy atom. The molecule has 0 spiro atoms. The Bertz CT molecular complexity index is 675. The summed E-state index contributed by atoms with van der Waals surface area (Å²) in [6, 6.07) is 18.0. The Hall–Kier alpha value is -1.11. The molecule has 2 unspecified atom stereocenters. The van der Waals surface area contributed by atoms with E-state index in [9.17, 15) is 0 Å². The fourth-order valence-electron chi connectivity index (χ4n) is 3.42. The summed E-state index contributed by atoms with van der Waals surface area (Å²) in [7, 11) is 0. The predicted molar refractivity (Wildman–Crippen MR) is 112 cm³/mol. The highest BCUT2D eigenvalue weighted by molar-refractivity contribution is 14.1. The monoisotopic (exact) mass is 450 g/mol. The molecule has 0 aromatic heterocycles. The van der Waals surface area contributed by atoms with Crippen molar-refractivity contribution in [3.63, 3.8) is 0 Å². The van der Waals surface area contributed by atoms with Crippen LogP contribution < -0.4 is 15.4 Å². The lowest BCUT2D eigenvalue weighted by Crippen LogP contribution is -2.45. The third-order valence-corrected chi connectivity index (χ3v) is 5.23. The van der Waals surface area contributed by atoms with Gasteiger partial charge in [-0.3, -0.25) is 0 Å². The Kier molecular flexibility index (Phi) is 6.73. The smallest absolute Gasteiger partial charge is 0.124 e. The topological polar surface area (TPSA) is 33.3 Å². The minimum atomic E-state index is 0.187. The van der Waals surface area contributed by atoms with E-state index in [0.29, 0.717) is 12.1 Å². The fraction of sp³-hybridized carbons (Fsp3) is 0.429. The van der Waals surface area contributed by atoms with Gasteiger partial charge in [-0.1, -0.05) is 30.3 Å². The van der Waals surface area contributed by atoms with Gasteiger partial charge < -0.3 is 15.4 Å². The fourth-order valence-corrected chi connectivity index (χ4v) is 3.97. The molecule has 4 heteroatoms. The molecule has 25 heavy (non-hydrogen) atoms. The van der Waals surface area contributed by atoms with Gasteiger partial charge >= 0.3 is 0 Å². The first-order valence-corrected chi connectivity index (χ1v) is 10.2. The van der Waals surface area contributed by atoms with Gasteiger partial charge in [-0.05, 0) is 79.6 Å². The second-order valence-corrected chi connectivity index (χ2v) is 8.14. The number of hydrogen-bond donors (Lipinski definition) is 2. The van der Waals surface area contributed by atoms with Gasteiger partial charge in [0.05, 0.1) is 6.10 Å². The molecule has 0 aliphatic carbocycles. The van der Waals surface area contributed by atoms with Crippen LogP contribution in [0.25, 0.3) is 0 Å². The van der Waals surface area contributed by atoms with E-state index in [1.54, 1.807) is 0 Å². The Balaban J connectivity index is 1.72. The number of halogens is 1. The molecule has 2 N–H and O–H groups in total. The van der Waals surface area contributed by atoms with Gasteiger partial charge in [-0.25, -0.2) is 0 Å². The third kappa shape index (κ3) is 5.19. The molecular weight excluding hydrogens is 423 g/mol. The summed E-state index contributed by atoms with van der Waals surface area (Å²) in [4.78, 5) is 0. The van der Waals surface area contributed by atoms with E-state index in [4.69, 9.17) is 4.74 Å². The van der Waals surface area contributed by atoms with Crippen molar-refractivity contribution < 1.29 is 4.74 Å². The number of benzene rings is 2. The second-order valence-electron chi connectivity index (χ2n) is 6.89. The molecule has 0 bridgehead atoms. The SMILES string of the molecule is CC(C)Oc1ccc(I)cc1CNC1CCCNC1c1ccccc1. The van der Waals surface area contributed by atoms with Crippen LogP contribution in [0.2, 0.25) is 0 Å². The zero-order chi connectivity index (χ0) is 17.6. The van der Waals surface area contributed by atoms with Crippen molar-refractivity contribution in [1.82, 2.24) is 10.6 Å². The third-order valence-electron chi connectivity index (χ3n) is 4.56. The van der Waals surface area contributed by atoms with E-state index in [0.717, 1.165) is 18.8 Å². The molecule has 2 atom stereocenters. The van der Waals surface area contributed by atoms with E-state index >= 15 is 0 Å². The van der Waals surface area contributed by atoms with Crippen LogP contribution in [-0.4, -0.2) is 18.7 Å². The van der Waals surface area contributed by atoms with Crippen molar-refractivity contribution in [2.24, 2.45) is 0 Å². The maximum absolute atomic E-state index is 5.99. The zero-order valence-electron chi connectivity index (χ0n) is 15.0. The highest BCUT2D eigenvalue weighted by Crippen LogP contribution is 2.26. The molecule has 0 amide bonds. The summed E-state index contributed by atoms with van der Waals surface area (Å²) in [5, 5.41) is 7.47. The number of hydrogen-bond acceptors (Lipinski definition) is 3. The van der Waals surface area contributed by atoms with Gasteiger partial charge in [0.1, 0.15) is 5.75 Å². The van der Waals surface area contributed by atoms with Gasteiger partial charge in [0.2, 0.25) is 0 Å². The lowest BCUT2D eigenvalue weighted by molar-refractivity contribution is 0.238. The number of rotatable bonds is 6. The standard InChI is InChI=1S/C21H27IN2O/c1-15(2)25-20-11-10-18(22)13-17(20)14-24-19-9-6-12-23-21(19)16-7-4-3-5-8-16/h3-5,7-8,10-11,13,15,19,21,23-24H,6,9,12,14H2,1-2H3. The van der Waals surface area contributed by atoms with Crippen LogP contribution in [0.5, 0.6) is 5.75 Å². The van der Waals surface area contributed by atoms with E-state index < -0.39 is 0 Å². The van der Waals surface area contributed by atoms with E-state index in [2.05, 4.69) is 95.6 Å². The van der Waals surface area contributed by atoms with E-state index in [1.165, 1.54) is 27.5 Å². The van der Waals surface area contributed by atoms with Crippen LogP contribution in [0, 0.1) is 3.57 Å². The van der Waals surface area contributed by atoms with Crippen LogP contribution in [0.3, 0.4) is 0 Å². The van der Waals surface area contributed by atoms with Crippen LogP contribution in [0.1, 0.15) is 43.9 Å². The summed E-state index contributed by atoms with van der Waals surface area (Å²) in [5.74, 6) is 0.989. The Labute approximate surface area is 164 Å². The largest absolute Gasteiger partial charge is 0.491 e. The van der Waals surface area contributed by atoms with Gasteiger partial charge in [0.25, 0.3) is 0 Å². The van der Waals surface area contributed by atoms with Crippen molar-refractivity contribution >= 4 is 22.6 Å². The summed E-state index contributed by atoms with van der Waals surface area (Å²) in [6.07, 6.45) is 2.59. The molecule has 1 aliphatic heterocycles. The quantitative estimate of drug-likeness (QED) is 0.629. The molecule has 3 rings (SSSR count). The number of ether oxygens (including phenoxy) is 1. The first kappa shape index (κ1) is 18.7. The molecule has 0 radical (unpaired) electrons. The van der Waals surface area contributed by atoms with Crippen LogP contribution in [-0.2, 0) is 6.54 Å². The lowest BCUT2D eigenvalue weighted by atomic mass is 9.92. The highest BCUT2D eigenvalue weighted by atomic mass is 127. The Morgan fingerprint density at radius 3 is 2.76 bits per heavy atom. The van der Waals surface area contributed by atoms with Crippen LogP contribution >= 0.6 is 22.6 Å². The molecule has 1 heterocycles. The first-order valence-electron chi connectivity index (χ1n) is 9.10. The lowest BCUT2D eigenvalue weighted by Gasteiger charge is -2.34. The molecule has 1 aliphatic rings. The zero-order valence-corrected chi connectivity index (χ0v) is 17.1. The number of piperidine rings is 1. The summed E-state index contributed by atoms with van der Waals surface area (Å²) >= 11 is 2.37. The predicted octanol–water partition coefficient (Wildman–Crippen LogP) is 4.66. The van der Waals surface area contributed by atoms with Crippen molar-refractivity contribution in [3.8, 4) is 5.75 Å². The average molecular weight is 450 g/mol. The molecule has 134 valence electrons. The molecule has 3 nitrogen and oxygen atoms in total. The molecule has 2 aromatic rings. The normalized spacial score (nSPS) is 20.6. The molecular formula is C21H27IN2O. The minimum absolute atomic E-state index is 0.187. The maximum atomic E-state index is 5.99. The van der Waals surface area contributed by atoms with Gasteiger partial charge in [0, 0.05) is 27.8 Å². The first-order chi connectivity index (χ1) is 12.1. The van der Waals surface area contributed by atoms with Gasteiger partial charge in [-0.15, -0.1) is 0 Å². The van der Waals surface area contributed by atoms with Crippen LogP contribution in [0.4, 0.5) is 0 Å². The summed E-state index contributed by atoms with van der Waals surface area (Å²) in [5.41, 5.74) is 2.60. The van der Waals surface area contributed by atoms with Crippen molar-refractivity contribution in [1.29, 1.82) is 0 Å². The maximum Gasteiger partial charge on any atom is 0.124 e. The molecule has 0 saturated carbocycles. The molecule has 2 aromatic carbocycles. The van der Waals surface area contributed by atoms with E-state index in [-0.39, 0.29) is 6.10 Å². The summed E-state index contributed by atoms with van der Waals surface area (Å²) < 4.78 is 7.24. The van der Waals surface area contributed by atoms with Crippen molar-refractivity contribution in [2.45, 2.75) is 51.4 Å².